The first-order valence-corrected chi connectivity index (χ1v) is 10.9. The van der Waals surface area contributed by atoms with Gasteiger partial charge in [-0.3, -0.25) is 4.79 Å². The van der Waals surface area contributed by atoms with E-state index >= 15 is 0 Å². The second kappa shape index (κ2) is 8.82. The number of carbonyl (C=O) groups excluding carboxylic acids is 1. The summed E-state index contributed by atoms with van der Waals surface area (Å²) < 4.78 is 11.7. The van der Waals surface area contributed by atoms with Crippen molar-refractivity contribution in [1.29, 1.82) is 0 Å². The third-order valence-electron chi connectivity index (χ3n) is 5.27. The lowest BCUT2D eigenvalue weighted by Gasteiger charge is -2.30. The summed E-state index contributed by atoms with van der Waals surface area (Å²) in [5.41, 5.74) is 2.44. The van der Waals surface area contributed by atoms with E-state index in [9.17, 15) is 4.79 Å². The summed E-state index contributed by atoms with van der Waals surface area (Å²) >= 11 is 12.4. The van der Waals surface area contributed by atoms with Gasteiger partial charge < -0.3 is 19.7 Å². The van der Waals surface area contributed by atoms with Crippen LogP contribution in [0.5, 0.6) is 11.5 Å². The minimum absolute atomic E-state index is 0.287. The van der Waals surface area contributed by atoms with Gasteiger partial charge in [-0.2, -0.15) is 0 Å². The van der Waals surface area contributed by atoms with Gasteiger partial charge >= 0.3 is 0 Å². The largest absolute Gasteiger partial charge is 0.454 e. The van der Waals surface area contributed by atoms with Crippen LogP contribution in [0, 0.1) is 0 Å². The maximum absolute atomic E-state index is 12.8. The molecule has 2 heterocycles. The summed E-state index contributed by atoms with van der Waals surface area (Å²) in [6.45, 7) is 2.62. The van der Waals surface area contributed by atoms with Crippen molar-refractivity contribution in [3.05, 3.63) is 81.8 Å². The number of halogens is 2. The number of carbonyl (C=O) groups is 1. The zero-order chi connectivity index (χ0) is 22.1. The molecule has 2 aliphatic rings. The van der Waals surface area contributed by atoms with Crippen molar-refractivity contribution < 1.29 is 14.3 Å². The van der Waals surface area contributed by atoms with Gasteiger partial charge in [0.15, 0.2) is 5.75 Å². The third-order valence-corrected chi connectivity index (χ3v) is 5.84. The van der Waals surface area contributed by atoms with E-state index in [2.05, 4.69) is 10.2 Å². The summed E-state index contributed by atoms with van der Waals surface area (Å²) in [6, 6.07) is 17.8. The average Bonchev–Trinajstić information content (AvgIpc) is 2.96. The Labute approximate surface area is 195 Å². The maximum atomic E-state index is 12.8. The van der Waals surface area contributed by atoms with Crippen LogP contribution in [0.3, 0.4) is 0 Å². The molecular weight excluding hydrogens is 449 g/mol. The normalized spacial score (nSPS) is 15.1. The molecule has 1 N–H and O–H groups in total. The van der Waals surface area contributed by atoms with E-state index < -0.39 is 0 Å². The monoisotopic (exact) mass is 467 g/mol. The molecule has 0 bridgehead atoms. The zero-order valence-electron chi connectivity index (χ0n) is 17.0. The van der Waals surface area contributed by atoms with Gasteiger partial charge in [0.1, 0.15) is 17.3 Å². The Balaban J connectivity index is 1.55. The molecule has 1 fully saturated rings. The fraction of sp³-hybridized carbons (Fsp3) is 0.167. The molecule has 2 aliphatic heterocycles. The number of hydrogen-bond acceptors (Lipinski definition) is 5. The van der Waals surface area contributed by atoms with Gasteiger partial charge in [-0.15, -0.1) is 0 Å². The standard InChI is InChI=1S/C24H19Cl2N3O3/c25-15-5-7-22-20(13-15)28-23(29-9-11-31-12-10-29)18-14-16(6-8-21(18)32-22)27-24(30)17-3-1-2-4-19(17)26/h1-8,13-14H,9-12H2,(H,27,30). The van der Waals surface area contributed by atoms with Crippen LogP contribution in [0.4, 0.5) is 11.4 Å². The van der Waals surface area contributed by atoms with E-state index in [0.29, 0.717) is 64.8 Å². The van der Waals surface area contributed by atoms with E-state index in [-0.39, 0.29) is 5.91 Å². The van der Waals surface area contributed by atoms with Gasteiger partial charge in [-0.25, -0.2) is 4.99 Å². The van der Waals surface area contributed by atoms with Gasteiger partial charge in [0.2, 0.25) is 0 Å². The molecule has 1 saturated heterocycles. The van der Waals surface area contributed by atoms with Crippen molar-refractivity contribution in [2.24, 2.45) is 4.99 Å². The highest BCUT2D eigenvalue weighted by molar-refractivity contribution is 6.34. The predicted octanol–water partition coefficient (Wildman–Crippen LogP) is 5.76. The predicted molar refractivity (Wildman–Crippen MR) is 126 cm³/mol. The van der Waals surface area contributed by atoms with Gasteiger partial charge in [0.25, 0.3) is 5.91 Å². The van der Waals surface area contributed by atoms with Gasteiger partial charge in [-0.1, -0.05) is 35.3 Å². The van der Waals surface area contributed by atoms with Crippen LogP contribution in [-0.4, -0.2) is 42.9 Å². The van der Waals surface area contributed by atoms with Crippen molar-refractivity contribution in [2.45, 2.75) is 0 Å². The molecule has 0 spiro atoms. The fourth-order valence-corrected chi connectivity index (χ4v) is 4.08. The number of aliphatic imine (C=N–C) groups is 1. The molecule has 6 nitrogen and oxygen atoms in total. The highest BCUT2D eigenvalue weighted by Crippen LogP contribution is 2.40. The molecule has 0 radical (unpaired) electrons. The number of hydrogen-bond donors (Lipinski definition) is 1. The number of benzene rings is 3. The number of amidine groups is 1. The Bertz CT molecular complexity index is 1220. The number of rotatable bonds is 2. The smallest absolute Gasteiger partial charge is 0.257 e. The molecule has 0 aromatic heterocycles. The summed E-state index contributed by atoms with van der Waals surface area (Å²) in [5.74, 6) is 1.72. The van der Waals surface area contributed by atoms with E-state index in [0.717, 1.165) is 11.4 Å². The van der Waals surface area contributed by atoms with Gasteiger partial charge in [0.05, 0.1) is 29.4 Å². The van der Waals surface area contributed by atoms with E-state index in [4.69, 9.17) is 37.7 Å². The summed E-state index contributed by atoms with van der Waals surface area (Å²) in [5, 5.41) is 3.90. The second-order valence-electron chi connectivity index (χ2n) is 7.39. The lowest BCUT2D eigenvalue weighted by atomic mass is 10.1. The summed E-state index contributed by atoms with van der Waals surface area (Å²) in [7, 11) is 0. The topological polar surface area (TPSA) is 63.2 Å². The molecule has 0 atom stereocenters. The van der Waals surface area contributed by atoms with Crippen LogP contribution >= 0.6 is 23.2 Å². The van der Waals surface area contributed by atoms with Crippen LogP contribution in [0.2, 0.25) is 10.0 Å². The minimum atomic E-state index is -0.287. The molecule has 32 heavy (non-hydrogen) atoms. The van der Waals surface area contributed by atoms with Gasteiger partial charge in [-0.05, 0) is 48.5 Å². The Morgan fingerprint density at radius 2 is 1.75 bits per heavy atom. The fourth-order valence-electron chi connectivity index (χ4n) is 3.69. The summed E-state index contributed by atoms with van der Waals surface area (Å²) in [4.78, 5) is 19.8. The lowest BCUT2D eigenvalue weighted by Crippen LogP contribution is -2.41. The first kappa shape index (κ1) is 20.8. The quantitative estimate of drug-likeness (QED) is 0.520. The SMILES string of the molecule is O=C(Nc1ccc2c(c1)C(N1CCOCC1)=Nc1cc(Cl)ccc1O2)c1ccccc1Cl. The number of morpholine rings is 1. The summed E-state index contributed by atoms with van der Waals surface area (Å²) in [6.07, 6.45) is 0. The first-order chi connectivity index (χ1) is 15.6. The van der Waals surface area contributed by atoms with Crippen LogP contribution in [0.1, 0.15) is 15.9 Å². The second-order valence-corrected chi connectivity index (χ2v) is 8.24. The minimum Gasteiger partial charge on any atom is -0.454 e. The Morgan fingerprint density at radius 1 is 0.969 bits per heavy atom. The van der Waals surface area contributed by atoms with Crippen molar-refractivity contribution >= 4 is 46.3 Å². The van der Waals surface area contributed by atoms with E-state index in [1.165, 1.54) is 0 Å². The number of fused-ring (bicyclic) bond motifs is 2. The van der Waals surface area contributed by atoms with Crippen molar-refractivity contribution in [1.82, 2.24) is 4.90 Å². The number of ether oxygens (including phenoxy) is 2. The Kier molecular flexibility index (Phi) is 5.74. The van der Waals surface area contributed by atoms with E-state index in [1.54, 1.807) is 48.5 Å². The van der Waals surface area contributed by atoms with E-state index in [1.807, 2.05) is 12.1 Å². The first-order valence-electron chi connectivity index (χ1n) is 10.2. The molecule has 0 aliphatic carbocycles. The number of nitrogens with zero attached hydrogens (tertiary/aromatic N) is 2. The lowest BCUT2D eigenvalue weighted by molar-refractivity contribution is 0.0683. The van der Waals surface area contributed by atoms with Crippen molar-refractivity contribution in [3.8, 4) is 11.5 Å². The number of amides is 1. The molecule has 8 heteroatoms. The molecule has 3 aromatic rings. The average molecular weight is 468 g/mol. The number of nitrogens with one attached hydrogen (secondary N) is 1. The Morgan fingerprint density at radius 3 is 2.56 bits per heavy atom. The van der Waals surface area contributed by atoms with Gasteiger partial charge in [0, 0.05) is 23.8 Å². The highest BCUT2D eigenvalue weighted by atomic mass is 35.5. The Hall–Kier alpha value is -3.06. The molecule has 0 saturated carbocycles. The molecule has 162 valence electrons. The molecule has 5 rings (SSSR count). The molecule has 0 unspecified atom stereocenters. The third kappa shape index (κ3) is 4.17. The van der Waals surface area contributed by atoms with Crippen LogP contribution in [0.15, 0.2) is 65.7 Å². The molecular formula is C24H19Cl2N3O3. The van der Waals surface area contributed by atoms with Crippen LogP contribution in [0.25, 0.3) is 0 Å². The zero-order valence-corrected chi connectivity index (χ0v) is 18.5. The highest BCUT2D eigenvalue weighted by Gasteiger charge is 2.25. The van der Waals surface area contributed by atoms with Crippen molar-refractivity contribution in [2.75, 3.05) is 31.6 Å². The number of anilines is 1. The van der Waals surface area contributed by atoms with Crippen molar-refractivity contribution in [3.63, 3.8) is 0 Å². The molecule has 1 amide bonds. The maximum Gasteiger partial charge on any atom is 0.257 e. The van der Waals surface area contributed by atoms with Crippen LogP contribution in [-0.2, 0) is 4.74 Å². The molecule has 3 aromatic carbocycles. The van der Waals surface area contributed by atoms with Crippen LogP contribution < -0.4 is 10.1 Å².